The molecule has 0 amide bonds. The average Bonchev–Trinajstić information content (AvgIpc) is 3.18. The van der Waals surface area contributed by atoms with Crippen LogP contribution in [-0.4, -0.2) is 50.2 Å². The van der Waals surface area contributed by atoms with E-state index in [4.69, 9.17) is 9.47 Å². The molecule has 1 N–H and O–H groups in total. The molecule has 5 heterocycles. The van der Waals surface area contributed by atoms with Gasteiger partial charge in [-0.05, 0) is 65.0 Å². The van der Waals surface area contributed by atoms with E-state index in [2.05, 4.69) is 32.0 Å². The molecule has 3 aliphatic rings. The third-order valence-corrected chi connectivity index (χ3v) is 8.12. The molecule has 35 heavy (non-hydrogen) atoms. The molecule has 3 aliphatic heterocycles. The van der Waals surface area contributed by atoms with Gasteiger partial charge in [-0.2, -0.15) is 0 Å². The number of hydrogen-bond donors (Lipinski definition) is 1. The fourth-order valence-corrected chi connectivity index (χ4v) is 6.66. The van der Waals surface area contributed by atoms with Gasteiger partial charge in [-0.3, -0.25) is 14.9 Å². The summed E-state index contributed by atoms with van der Waals surface area (Å²) < 4.78 is 13.0. The smallest absolute Gasteiger partial charge is 0.341 e. The van der Waals surface area contributed by atoms with Gasteiger partial charge in [-0.1, -0.05) is 0 Å². The number of nitrogens with one attached hydrogen (secondary N) is 1. The molecule has 2 aromatic heterocycles. The van der Waals surface area contributed by atoms with Crippen LogP contribution in [0.3, 0.4) is 0 Å². The van der Waals surface area contributed by atoms with Gasteiger partial charge in [0.05, 0.1) is 11.3 Å². The second kappa shape index (κ2) is 8.33. The van der Waals surface area contributed by atoms with Crippen molar-refractivity contribution in [2.45, 2.75) is 77.0 Å². The van der Waals surface area contributed by atoms with Crippen LogP contribution in [0.15, 0.2) is 30.7 Å². The van der Waals surface area contributed by atoms with Crippen LogP contribution in [0.25, 0.3) is 10.9 Å². The fraction of sp³-hybridized carbons (Fsp3) is 0.536. The zero-order chi connectivity index (χ0) is 24.2. The first-order chi connectivity index (χ1) is 16.9. The van der Waals surface area contributed by atoms with Gasteiger partial charge < -0.3 is 14.5 Å². The van der Waals surface area contributed by atoms with E-state index in [9.17, 15) is 4.79 Å². The number of rotatable bonds is 4. The van der Waals surface area contributed by atoms with E-state index in [1.54, 1.807) is 18.6 Å². The number of aromatic nitrogens is 3. The third kappa shape index (κ3) is 3.80. The lowest BCUT2D eigenvalue weighted by Crippen LogP contribution is -2.64. The number of piperidine rings is 2. The minimum atomic E-state index is -0.718. The maximum atomic E-state index is 13.6. The maximum Gasteiger partial charge on any atom is 0.341 e. The van der Waals surface area contributed by atoms with Crippen molar-refractivity contribution in [1.29, 1.82) is 0 Å². The Bertz CT molecular complexity index is 1270. The van der Waals surface area contributed by atoms with E-state index in [1.807, 2.05) is 20.8 Å². The predicted octanol–water partition coefficient (Wildman–Crippen LogP) is 4.97. The molecule has 2 fully saturated rings. The molecule has 3 aromatic rings. The lowest BCUT2D eigenvalue weighted by molar-refractivity contribution is -0.177. The van der Waals surface area contributed by atoms with Crippen LogP contribution in [0.5, 0.6) is 5.75 Å². The van der Waals surface area contributed by atoms with Gasteiger partial charge in [0.25, 0.3) is 0 Å². The van der Waals surface area contributed by atoms with Gasteiger partial charge in [0.1, 0.15) is 11.4 Å². The number of aryl methyl sites for hydroxylation is 1. The number of benzene rings is 1. The zero-order valence-corrected chi connectivity index (χ0v) is 20.9. The van der Waals surface area contributed by atoms with Crippen LogP contribution in [0.2, 0.25) is 0 Å². The predicted molar refractivity (Wildman–Crippen MR) is 133 cm³/mol. The number of aromatic amines is 1. The lowest BCUT2D eigenvalue weighted by Gasteiger charge is -2.56. The van der Waals surface area contributed by atoms with E-state index < -0.39 is 5.60 Å². The molecule has 1 aromatic carbocycles. The molecule has 7 nitrogen and oxygen atoms in total. The number of ether oxygens (including phenoxy) is 2. The van der Waals surface area contributed by atoms with Crippen molar-refractivity contribution in [3.05, 3.63) is 53.2 Å². The molecule has 0 bridgehead atoms. The number of fused-ring (bicyclic) bond motifs is 3. The Kier molecular flexibility index (Phi) is 5.36. The second-order valence-corrected chi connectivity index (χ2v) is 11.0. The summed E-state index contributed by atoms with van der Waals surface area (Å²) in [5.41, 5.74) is 3.47. The molecule has 2 saturated heterocycles. The topological polar surface area (TPSA) is 80.3 Å². The van der Waals surface area contributed by atoms with Gasteiger partial charge in [0.2, 0.25) is 0 Å². The Morgan fingerprint density at radius 3 is 2.94 bits per heavy atom. The summed E-state index contributed by atoms with van der Waals surface area (Å²) >= 11 is 0. The quantitative estimate of drug-likeness (QED) is 0.538. The summed E-state index contributed by atoms with van der Waals surface area (Å²) in [7, 11) is 0. The van der Waals surface area contributed by atoms with Crippen LogP contribution in [0, 0.1) is 12.8 Å². The van der Waals surface area contributed by atoms with Gasteiger partial charge in [0.15, 0.2) is 5.72 Å². The van der Waals surface area contributed by atoms with E-state index in [0.717, 1.165) is 59.5 Å². The molecule has 0 aliphatic carbocycles. The SMILES string of the molecule is Cc1[nH]c2ccc3c(c2c1C(=O)OC(C)(C)Cc1cnccn1)CC1CCCN2CCCCC12O3. The molecule has 1 spiro atoms. The Labute approximate surface area is 206 Å². The maximum absolute atomic E-state index is 13.6. The number of hydrogen-bond acceptors (Lipinski definition) is 6. The summed E-state index contributed by atoms with van der Waals surface area (Å²) in [6, 6.07) is 4.14. The van der Waals surface area contributed by atoms with E-state index in [-0.39, 0.29) is 11.7 Å². The van der Waals surface area contributed by atoms with Gasteiger partial charge >= 0.3 is 5.97 Å². The minimum absolute atomic E-state index is 0.179. The van der Waals surface area contributed by atoms with E-state index >= 15 is 0 Å². The first-order valence-corrected chi connectivity index (χ1v) is 12.9. The van der Waals surface area contributed by atoms with Gasteiger partial charge in [-0.25, -0.2) is 4.79 Å². The average molecular weight is 475 g/mol. The van der Waals surface area contributed by atoms with Crippen LogP contribution < -0.4 is 4.74 Å². The molecule has 2 unspecified atom stereocenters. The lowest BCUT2D eigenvalue weighted by atomic mass is 9.74. The van der Waals surface area contributed by atoms with Crippen molar-refractivity contribution in [3.63, 3.8) is 0 Å². The number of carbonyl (C=O) groups excluding carboxylic acids is 1. The highest BCUT2D eigenvalue weighted by Gasteiger charge is 2.52. The highest BCUT2D eigenvalue weighted by Crippen LogP contribution is 2.50. The van der Waals surface area contributed by atoms with Gasteiger partial charge in [-0.15, -0.1) is 0 Å². The van der Waals surface area contributed by atoms with E-state index in [0.29, 0.717) is 17.9 Å². The summed E-state index contributed by atoms with van der Waals surface area (Å²) in [6.07, 6.45) is 12.4. The minimum Gasteiger partial charge on any atom is -0.472 e. The van der Waals surface area contributed by atoms with Crippen molar-refractivity contribution in [2.75, 3.05) is 13.1 Å². The normalized spacial score (nSPS) is 24.3. The van der Waals surface area contributed by atoms with Crippen LogP contribution in [0.4, 0.5) is 0 Å². The first kappa shape index (κ1) is 22.5. The molecule has 184 valence electrons. The summed E-state index contributed by atoms with van der Waals surface area (Å²) in [5.74, 6) is 1.07. The van der Waals surface area contributed by atoms with Crippen molar-refractivity contribution in [3.8, 4) is 5.75 Å². The molecule has 0 radical (unpaired) electrons. The Balaban J connectivity index is 1.36. The fourth-order valence-electron chi connectivity index (χ4n) is 6.66. The van der Waals surface area contributed by atoms with Crippen LogP contribution in [0.1, 0.15) is 73.3 Å². The second-order valence-electron chi connectivity index (χ2n) is 11.0. The summed E-state index contributed by atoms with van der Waals surface area (Å²) in [4.78, 5) is 28.1. The van der Waals surface area contributed by atoms with Crippen molar-refractivity contribution in [1.82, 2.24) is 19.9 Å². The van der Waals surface area contributed by atoms with Crippen molar-refractivity contribution in [2.24, 2.45) is 5.92 Å². The highest BCUT2D eigenvalue weighted by molar-refractivity contribution is 6.07. The molecular weight excluding hydrogens is 440 g/mol. The van der Waals surface area contributed by atoms with Crippen molar-refractivity contribution < 1.29 is 14.3 Å². The zero-order valence-electron chi connectivity index (χ0n) is 20.9. The number of carbonyl (C=O) groups is 1. The van der Waals surface area contributed by atoms with Gasteiger partial charge in [0, 0.05) is 72.6 Å². The Morgan fingerprint density at radius 1 is 1.26 bits per heavy atom. The first-order valence-electron chi connectivity index (χ1n) is 12.9. The van der Waals surface area contributed by atoms with E-state index in [1.165, 1.54) is 25.7 Å². The molecule has 0 saturated carbocycles. The monoisotopic (exact) mass is 474 g/mol. The number of nitrogens with zero attached hydrogens (tertiary/aromatic N) is 3. The van der Waals surface area contributed by atoms with Crippen LogP contribution in [-0.2, 0) is 17.6 Å². The Hall–Kier alpha value is -2.93. The Morgan fingerprint density at radius 2 is 2.11 bits per heavy atom. The van der Waals surface area contributed by atoms with Crippen molar-refractivity contribution >= 4 is 16.9 Å². The van der Waals surface area contributed by atoms with Crippen LogP contribution >= 0.6 is 0 Å². The molecule has 6 rings (SSSR count). The molecule has 2 atom stereocenters. The highest BCUT2D eigenvalue weighted by atomic mass is 16.6. The summed E-state index contributed by atoms with van der Waals surface area (Å²) in [5, 5.41) is 0.961. The number of H-pyrrole nitrogens is 1. The molecular formula is C28H34N4O3. The third-order valence-electron chi connectivity index (χ3n) is 8.12. The largest absolute Gasteiger partial charge is 0.472 e. The number of esters is 1. The standard InChI is InChI=1S/C28H34N4O3/c1-18-24(26(33)35-27(2,3)16-20-17-29-11-12-30-20)25-21-15-19-7-6-14-32-13-5-4-10-28(19,32)34-23(21)9-8-22(25)31-18/h8-9,11-12,17,19,31H,4-7,10,13-16H2,1-3H3. The summed E-state index contributed by atoms with van der Waals surface area (Å²) in [6.45, 7) is 8.04. The molecule has 7 heteroatoms.